The Morgan fingerprint density at radius 1 is 1.11 bits per heavy atom. The molecule has 100 valence electrons. The van der Waals surface area contributed by atoms with Crippen LogP contribution >= 0.6 is 15.9 Å². The molecule has 3 nitrogen and oxygen atoms in total. The predicted molar refractivity (Wildman–Crippen MR) is 81.7 cm³/mol. The molecule has 0 unspecified atom stereocenters. The molecule has 1 aromatic carbocycles. The van der Waals surface area contributed by atoms with Crippen molar-refractivity contribution in [2.75, 3.05) is 0 Å². The molecule has 3 rings (SSSR count). The van der Waals surface area contributed by atoms with Gasteiger partial charge in [-0.3, -0.25) is 0 Å². The lowest BCUT2D eigenvalue weighted by Gasteiger charge is -2.32. The van der Waals surface area contributed by atoms with Gasteiger partial charge in [-0.1, -0.05) is 22.0 Å². The molecule has 0 atom stereocenters. The highest BCUT2D eigenvalue weighted by Gasteiger charge is 2.52. The van der Waals surface area contributed by atoms with Crippen LogP contribution < -0.4 is 5.46 Å². The molecule has 5 heteroatoms. The van der Waals surface area contributed by atoms with Crippen molar-refractivity contribution in [3.05, 3.63) is 28.9 Å². The SMILES string of the molecule is CC1(C)OB(c2c[nH]c3cc(Br)ccc23)OC1(C)C. The van der Waals surface area contributed by atoms with E-state index >= 15 is 0 Å². The van der Waals surface area contributed by atoms with Crippen LogP contribution in [0.1, 0.15) is 27.7 Å². The van der Waals surface area contributed by atoms with Crippen molar-refractivity contribution in [2.24, 2.45) is 0 Å². The molecule has 0 amide bonds. The molecule has 1 fully saturated rings. The lowest BCUT2D eigenvalue weighted by atomic mass is 9.79. The highest BCUT2D eigenvalue weighted by Crippen LogP contribution is 2.37. The number of aromatic nitrogens is 1. The van der Waals surface area contributed by atoms with Crippen molar-refractivity contribution < 1.29 is 9.31 Å². The van der Waals surface area contributed by atoms with Crippen LogP contribution in [-0.4, -0.2) is 23.3 Å². The lowest BCUT2D eigenvalue weighted by Crippen LogP contribution is -2.41. The number of benzene rings is 1. The van der Waals surface area contributed by atoms with Gasteiger partial charge in [0.2, 0.25) is 0 Å². The van der Waals surface area contributed by atoms with Gasteiger partial charge in [-0.05, 0) is 45.2 Å². The summed E-state index contributed by atoms with van der Waals surface area (Å²) < 4.78 is 13.2. The zero-order valence-corrected chi connectivity index (χ0v) is 13.2. The number of rotatable bonds is 1. The van der Waals surface area contributed by atoms with Crippen LogP contribution in [0.3, 0.4) is 0 Å². The van der Waals surface area contributed by atoms with Crippen LogP contribution in [0.5, 0.6) is 0 Å². The Hall–Kier alpha value is -0.775. The van der Waals surface area contributed by atoms with Crippen molar-refractivity contribution in [3.8, 4) is 0 Å². The number of halogens is 1. The normalized spacial score (nSPS) is 21.2. The second-order valence-corrected chi connectivity index (χ2v) is 6.94. The smallest absolute Gasteiger partial charge is 0.399 e. The topological polar surface area (TPSA) is 34.2 Å². The molecule has 0 saturated carbocycles. The number of aromatic amines is 1. The van der Waals surface area contributed by atoms with Crippen molar-refractivity contribution in [1.82, 2.24) is 4.98 Å². The van der Waals surface area contributed by atoms with E-state index < -0.39 is 0 Å². The Morgan fingerprint density at radius 2 is 1.74 bits per heavy atom. The third-order valence-electron chi connectivity index (χ3n) is 4.18. The molecule has 0 aliphatic carbocycles. The van der Waals surface area contributed by atoms with E-state index in [1.54, 1.807) is 0 Å². The number of nitrogens with one attached hydrogen (secondary N) is 1. The molecule has 1 saturated heterocycles. The molecule has 1 aliphatic rings. The van der Waals surface area contributed by atoms with Gasteiger partial charge >= 0.3 is 7.12 Å². The first-order valence-corrected chi connectivity index (χ1v) is 7.22. The first kappa shape index (κ1) is 13.2. The second kappa shape index (κ2) is 4.11. The Morgan fingerprint density at radius 3 is 2.37 bits per heavy atom. The average molecular weight is 322 g/mol. The minimum absolute atomic E-state index is 0.309. The summed E-state index contributed by atoms with van der Waals surface area (Å²) in [5.41, 5.74) is 1.52. The summed E-state index contributed by atoms with van der Waals surface area (Å²) in [5.74, 6) is 0. The third kappa shape index (κ3) is 2.04. The third-order valence-corrected chi connectivity index (χ3v) is 4.68. The lowest BCUT2D eigenvalue weighted by molar-refractivity contribution is 0.00578. The van der Waals surface area contributed by atoms with Crippen LogP contribution in [-0.2, 0) is 9.31 Å². The molecule has 2 heterocycles. The van der Waals surface area contributed by atoms with Gasteiger partial charge in [0, 0.05) is 21.6 Å². The van der Waals surface area contributed by atoms with Crippen LogP contribution in [0, 0.1) is 0 Å². The molecule has 0 spiro atoms. The van der Waals surface area contributed by atoms with Crippen molar-refractivity contribution >= 4 is 39.4 Å². The van der Waals surface area contributed by atoms with E-state index in [4.69, 9.17) is 9.31 Å². The Labute approximate surface area is 121 Å². The monoisotopic (exact) mass is 321 g/mol. The van der Waals surface area contributed by atoms with E-state index in [-0.39, 0.29) is 18.3 Å². The molecule has 0 radical (unpaired) electrons. The van der Waals surface area contributed by atoms with Gasteiger partial charge < -0.3 is 14.3 Å². The van der Waals surface area contributed by atoms with Crippen LogP contribution in [0.2, 0.25) is 0 Å². The fraction of sp³-hybridized carbons (Fsp3) is 0.429. The fourth-order valence-electron chi connectivity index (χ4n) is 2.29. The molecule has 2 aromatic rings. The van der Waals surface area contributed by atoms with E-state index in [2.05, 4.69) is 60.7 Å². The summed E-state index contributed by atoms with van der Waals surface area (Å²) in [7, 11) is -0.320. The Balaban J connectivity index is 2.03. The van der Waals surface area contributed by atoms with Gasteiger partial charge in [0.05, 0.1) is 11.2 Å². The van der Waals surface area contributed by atoms with Gasteiger partial charge in [-0.15, -0.1) is 0 Å². The Kier molecular flexibility index (Phi) is 2.86. The largest absolute Gasteiger partial charge is 0.497 e. The summed E-state index contributed by atoms with van der Waals surface area (Å²) >= 11 is 3.48. The number of hydrogen-bond donors (Lipinski definition) is 1. The van der Waals surface area contributed by atoms with Crippen molar-refractivity contribution in [1.29, 1.82) is 0 Å². The van der Waals surface area contributed by atoms with Gasteiger partial charge in [-0.25, -0.2) is 0 Å². The molecule has 1 N–H and O–H groups in total. The van der Waals surface area contributed by atoms with E-state index in [1.807, 2.05) is 12.3 Å². The maximum absolute atomic E-state index is 6.09. The van der Waals surface area contributed by atoms with E-state index in [0.717, 1.165) is 20.8 Å². The van der Waals surface area contributed by atoms with E-state index in [9.17, 15) is 0 Å². The molecule has 1 aromatic heterocycles. The summed E-state index contributed by atoms with van der Waals surface area (Å²) in [5, 5.41) is 1.14. The first-order chi connectivity index (χ1) is 8.80. The quantitative estimate of drug-likeness (QED) is 0.818. The highest BCUT2D eigenvalue weighted by atomic mass is 79.9. The number of H-pyrrole nitrogens is 1. The van der Waals surface area contributed by atoms with Gasteiger partial charge in [0.15, 0.2) is 0 Å². The number of fused-ring (bicyclic) bond motifs is 1. The van der Waals surface area contributed by atoms with Crippen molar-refractivity contribution in [2.45, 2.75) is 38.9 Å². The maximum Gasteiger partial charge on any atom is 0.497 e. The Bertz CT molecular complexity index is 619. The highest BCUT2D eigenvalue weighted by molar-refractivity contribution is 9.10. The maximum atomic E-state index is 6.09. The minimum atomic E-state index is -0.320. The summed E-state index contributed by atoms with van der Waals surface area (Å²) in [6.45, 7) is 8.27. The summed E-state index contributed by atoms with van der Waals surface area (Å²) in [4.78, 5) is 3.27. The van der Waals surface area contributed by atoms with Gasteiger partial charge in [0.1, 0.15) is 0 Å². The molecule has 1 aliphatic heterocycles. The second-order valence-electron chi connectivity index (χ2n) is 6.02. The van der Waals surface area contributed by atoms with Crippen LogP contribution in [0.4, 0.5) is 0 Å². The van der Waals surface area contributed by atoms with E-state index in [1.165, 1.54) is 0 Å². The number of hydrogen-bond acceptors (Lipinski definition) is 2. The molecular weight excluding hydrogens is 305 g/mol. The van der Waals surface area contributed by atoms with Gasteiger partial charge in [0.25, 0.3) is 0 Å². The molecular formula is C14H17BBrNO2. The zero-order valence-electron chi connectivity index (χ0n) is 11.6. The summed E-state index contributed by atoms with van der Waals surface area (Å²) in [6.07, 6.45) is 1.97. The van der Waals surface area contributed by atoms with Crippen molar-refractivity contribution in [3.63, 3.8) is 0 Å². The molecule has 0 bridgehead atoms. The molecule has 19 heavy (non-hydrogen) atoms. The minimum Gasteiger partial charge on any atom is -0.399 e. The average Bonchev–Trinajstić information content (AvgIpc) is 2.77. The summed E-state index contributed by atoms with van der Waals surface area (Å²) in [6, 6.07) is 6.17. The zero-order chi connectivity index (χ0) is 13.8. The van der Waals surface area contributed by atoms with Crippen LogP contribution in [0.15, 0.2) is 28.9 Å². The standard InChI is InChI=1S/C14H17BBrNO2/c1-13(2)14(3,4)19-15(18-13)11-8-17-12-7-9(16)5-6-10(11)12/h5-8,17H,1-4H3. The predicted octanol–water partition coefficient (Wildman–Crippen LogP) is 3.23. The van der Waals surface area contributed by atoms with E-state index in [0.29, 0.717) is 0 Å². The first-order valence-electron chi connectivity index (χ1n) is 6.42. The van der Waals surface area contributed by atoms with Crippen LogP contribution in [0.25, 0.3) is 10.9 Å². The van der Waals surface area contributed by atoms with Gasteiger partial charge in [-0.2, -0.15) is 0 Å². The fourth-order valence-corrected chi connectivity index (χ4v) is 2.65.